The van der Waals surface area contributed by atoms with Gasteiger partial charge in [-0.1, -0.05) is 20.8 Å². The number of aromatic nitrogens is 1. The van der Waals surface area contributed by atoms with Crippen molar-refractivity contribution in [1.29, 1.82) is 5.26 Å². The maximum atomic E-state index is 12.9. The first-order chi connectivity index (χ1) is 15.1. The number of benzene rings is 1. The number of carbonyl (C=O) groups is 2. The van der Waals surface area contributed by atoms with E-state index in [4.69, 9.17) is 4.74 Å². The van der Waals surface area contributed by atoms with Gasteiger partial charge in [-0.25, -0.2) is 4.98 Å². The lowest BCUT2D eigenvalue weighted by Gasteiger charge is -2.16. The van der Waals surface area contributed by atoms with Gasteiger partial charge >= 0.3 is 0 Å². The molecule has 0 saturated heterocycles. The third-order valence-corrected chi connectivity index (χ3v) is 5.75. The Hall–Kier alpha value is -3.70. The van der Waals surface area contributed by atoms with Crippen molar-refractivity contribution in [1.82, 2.24) is 4.98 Å². The predicted octanol–water partition coefficient (Wildman–Crippen LogP) is 5.66. The summed E-state index contributed by atoms with van der Waals surface area (Å²) in [6.07, 6.45) is 1.55. The number of hydrogen-bond acceptors (Lipinski definition) is 6. The summed E-state index contributed by atoms with van der Waals surface area (Å²) in [5.41, 5.74) is 2.03. The fraction of sp³-hybridized carbons (Fsp3) is 0.250. The Balaban J connectivity index is 1.73. The molecule has 0 fully saturated rings. The lowest BCUT2D eigenvalue weighted by molar-refractivity contribution is -0.123. The van der Waals surface area contributed by atoms with Crippen LogP contribution in [0.4, 0.5) is 10.7 Å². The Morgan fingerprint density at radius 3 is 2.50 bits per heavy atom. The van der Waals surface area contributed by atoms with Crippen LogP contribution in [0.3, 0.4) is 0 Å². The van der Waals surface area contributed by atoms with Crippen LogP contribution in [0.5, 0.6) is 11.6 Å². The van der Waals surface area contributed by atoms with Crippen LogP contribution in [0.1, 0.15) is 47.1 Å². The van der Waals surface area contributed by atoms with E-state index in [0.29, 0.717) is 26.9 Å². The molecule has 0 aliphatic heterocycles. The molecule has 32 heavy (non-hydrogen) atoms. The molecule has 1 aromatic carbocycles. The summed E-state index contributed by atoms with van der Waals surface area (Å²) < 4.78 is 5.73. The number of carbonyl (C=O) groups excluding carboxylic acids is 2. The first-order valence-electron chi connectivity index (χ1n) is 9.95. The van der Waals surface area contributed by atoms with Crippen molar-refractivity contribution < 1.29 is 14.3 Å². The number of amides is 2. The number of ether oxygens (including phenoxy) is 1. The fourth-order valence-electron chi connectivity index (χ4n) is 2.76. The number of hydrogen-bond donors (Lipinski definition) is 2. The largest absolute Gasteiger partial charge is 0.438 e. The maximum Gasteiger partial charge on any atom is 0.266 e. The van der Waals surface area contributed by atoms with E-state index in [9.17, 15) is 14.9 Å². The van der Waals surface area contributed by atoms with Crippen LogP contribution in [0, 0.1) is 30.6 Å². The van der Waals surface area contributed by atoms with E-state index in [0.717, 1.165) is 11.1 Å². The summed E-state index contributed by atoms with van der Waals surface area (Å²) in [7, 11) is 0. The Morgan fingerprint density at radius 1 is 1.09 bits per heavy atom. The van der Waals surface area contributed by atoms with E-state index in [1.165, 1.54) is 11.3 Å². The smallest absolute Gasteiger partial charge is 0.266 e. The molecule has 2 heterocycles. The summed E-state index contributed by atoms with van der Waals surface area (Å²) in [5.74, 6) is 0.377. The predicted molar refractivity (Wildman–Crippen MR) is 125 cm³/mol. The number of thiophene rings is 1. The molecule has 0 spiro atoms. The standard InChI is InChI=1S/C24H24N4O3S/c1-14-11-17(31-22-16(13-25)7-6-10-26-22)8-9-18(14)27-21(29)20-15(2)12-19(32-20)28-23(30)24(3,4)5/h6-12H,1-5H3,(H,27,29)(H,28,30). The van der Waals surface area contributed by atoms with E-state index >= 15 is 0 Å². The highest BCUT2D eigenvalue weighted by molar-refractivity contribution is 7.18. The second-order valence-electron chi connectivity index (χ2n) is 8.33. The molecule has 3 rings (SSSR count). The number of nitrogens with one attached hydrogen (secondary N) is 2. The average Bonchev–Trinajstić information content (AvgIpc) is 3.10. The SMILES string of the molecule is Cc1cc(Oc2ncccc2C#N)ccc1NC(=O)c1sc(NC(=O)C(C)(C)C)cc1C. The van der Waals surface area contributed by atoms with E-state index in [1.807, 2.05) is 40.7 Å². The van der Waals surface area contributed by atoms with Crippen LogP contribution in [-0.4, -0.2) is 16.8 Å². The molecule has 2 aromatic heterocycles. The summed E-state index contributed by atoms with van der Waals surface area (Å²) in [4.78, 5) is 29.7. The van der Waals surface area contributed by atoms with E-state index in [1.54, 1.807) is 42.6 Å². The van der Waals surface area contributed by atoms with Gasteiger partial charge in [0.05, 0.1) is 9.88 Å². The highest BCUT2D eigenvalue weighted by atomic mass is 32.1. The van der Waals surface area contributed by atoms with Crippen molar-refractivity contribution in [3.8, 4) is 17.7 Å². The van der Waals surface area contributed by atoms with E-state index in [2.05, 4.69) is 15.6 Å². The van der Waals surface area contributed by atoms with Gasteiger partial charge in [0.1, 0.15) is 17.4 Å². The maximum absolute atomic E-state index is 12.9. The van der Waals surface area contributed by atoms with Crippen LogP contribution >= 0.6 is 11.3 Å². The highest BCUT2D eigenvalue weighted by Crippen LogP contribution is 2.31. The average molecular weight is 449 g/mol. The van der Waals surface area contributed by atoms with Crippen LogP contribution < -0.4 is 15.4 Å². The molecule has 0 radical (unpaired) electrons. The molecule has 0 atom stereocenters. The Bertz CT molecular complexity index is 1220. The van der Waals surface area contributed by atoms with E-state index < -0.39 is 5.41 Å². The molecular formula is C24H24N4O3S. The van der Waals surface area contributed by atoms with Crippen LogP contribution in [0.2, 0.25) is 0 Å². The minimum Gasteiger partial charge on any atom is -0.438 e. The zero-order valence-corrected chi connectivity index (χ0v) is 19.4. The number of pyridine rings is 1. The monoisotopic (exact) mass is 448 g/mol. The third-order valence-electron chi connectivity index (χ3n) is 4.59. The van der Waals surface area contributed by atoms with Crippen molar-refractivity contribution in [2.45, 2.75) is 34.6 Å². The molecular weight excluding hydrogens is 424 g/mol. The van der Waals surface area contributed by atoms with Gasteiger partial charge in [0.2, 0.25) is 11.8 Å². The van der Waals surface area contributed by atoms with Gasteiger partial charge in [-0.05, 0) is 61.4 Å². The van der Waals surface area contributed by atoms with Gasteiger partial charge in [0.25, 0.3) is 5.91 Å². The lowest BCUT2D eigenvalue weighted by atomic mass is 9.96. The summed E-state index contributed by atoms with van der Waals surface area (Å²) in [5, 5.41) is 15.6. The van der Waals surface area contributed by atoms with Gasteiger partial charge in [0, 0.05) is 17.3 Å². The first-order valence-corrected chi connectivity index (χ1v) is 10.8. The second kappa shape index (κ2) is 9.20. The van der Waals surface area contributed by atoms with Crippen LogP contribution in [-0.2, 0) is 4.79 Å². The molecule has 8 heteroatoms. The Morgan fingerprint density at radius 2 is 1.84 bits per heavy atom. The van der Waals surface area contributed by atoms with Crippen molar-refractivity contribution in [2.75, 3.05) is 10.6 Å². The quantitative estimate of drug-likeness (QED) is 0.524. The highest BCUT2D eigenvalue weighted by Gasteiger charge is 2.23. The third kappa shape index (κ3) is 5.31. The zero-order chi connectivity index (χ0) is 23.5. The molecule has 0 aliphatic rings. The van der Waals surface area contributed by atoms with Gasteiger partial charge in [-0.3, -0.25) is 9.59 Å². The van der Waals surface area contributed by atoms with Crippen LogP contribution in [0.15, 0.2) is 42.6 Å². The molecule has 0 aliphatic carbocycles. The summed E-state index contributed by atoms with van der Waals surface area (Å²) >= 11 is 1.24. The topological polar surface area (TPSA) is 104 Å². The molecule has 3 aromatic rings. The number of aryl methyl sites for hydroxylation is 2. The Kier molecular flexibility index (Phi) is 6.61. The number of nitriles is 1. The first kappa shape index (κ1) is 23.0. The molecule has 2 amide bonds. The molecule has 0 unspecified atom stereocenters. The normalized spacial score (nSPS) is 10.9. The zero-order valence-electron chi connectivity index (χ0n) is 18.6. The van der Waals surface area contributed by atoms with Gasteiger partial charge < -0.3 is 15.4 Å². The molecule has 0 saturated carbocycles. The minimum absolute atomic E-state index is 0.107. The summed E-state index contributed by atoms with van der Waals surface area (Å²) in [6, 6.07) is 12.3. The van der Waals surface area contributed by atoms with E-state index in [-0.39, 0.29) is 17.7 Å². The second-order valence-corrected chi connectivity index (χ2v) is 9.38. The van der Waals surface area contributed by atoms with Gasteiger partial charge in [-0.15, -0.1) is 11.3 Å². The van der Waals surface area contributed by atoms with Crippen molar-refractivity contribution in [3.63, 3.8) is 0 Å². The number of nitrogens with zero attached hydrogens (tertiary/aromatic N) is 2. The summed E-state index contributed by atoms with van der Waals surface area (Å²) in [6.45, 7) is 9.19. The Labute approximate surface area is 191 Å². The fourth-order valence-corrected chi connectivity index (χ4v) is 3.72. The van der Waals surface area contributed by atoms with Crippen molar-refractivity contribution in [3.05, 3.63) is 64.2 Å². The van der Waals surface area contributed by atoms with Crippen molar-refractivity contribution in [2.24, 2.45) is 5.41 Å². The molecule has 2 N–H and O–H groups in total. The lowest BCUT2D eigenvalue weighted by Crippen LogP contribution is -2.27. The van der Waals surface area contributed by atoms with Gasteiger partial charge in [0.15, 0.2) is 0 Å². The van der Waals surface area contributed by atoms with Crippen molar-refractivity contribution >= 4 is 33.8 Å². The van der Waals surface area contributed by atoms with Gasteiger partial charge in [-0.2, -0.15) is 5.26 Å². The number of anilines is 2. The number of rotatable bonds is 5. The molecule has 0 bridgehead atoms. The minimum atomic E-state index is -0.523. The molecule has 164 valence electrons. The molecule has 7 nitrogen and oxygen atoms in total. The van der Waals surface area contributed by atoms with Crippen LogP contribution in [0.25, 0.3) is 0 Å².